The lowest BCUT2D eigenvalue weighted by atomic mass is 9.63. The Morgan fingerprint density at radius 2 is 1.96 bits per heavy atom. The molecule has 3 aliphatic rings. The van der Waals surface area contributed by atoms with Gasteiger partial charge in [-0.1, -0.05) is 6.92 Å². The third-order valence-corrected chi connectivity index (χ3v) is 6.67. The first-order valence-electron chi connectivity index (χ1n) is 8.51. The summed E-state index contributed by atoms with van der Waals surface area (Å²) in [6.07, 6.45) is -5.99. The van der Waals surface area contributed by atoms with Gasteiger partial charge in [-0.05, 0) is 40.0 Å². The fourth-order valence-electron chi connectivity index (χ4n) is 4.55. The second-order valence-corrected chi connectivity index (χ2v) is 8.33. The molecule has 2 bridgehead atoms. The number of hydrogen-bond donors (Lipinski definition) is 1. The molecular formula is C17H23F3O5. The molecule has 0 spiro atoms. The number of hydrogen-bond acceptors (Lipinski definition) is 5. The molecule has 0 aromatic carbocycles. The van der Waals surface area contributed by atoms with E-state index in [0.29, 0.717) is 13.3 Å². The van der Waals surface area contributed by atoms with Gasteiger partial charge in [0.05, 0.1) is 5.41 Å². The predicted octanol–water partition coefficient (Wildman–Crippen LogP) is 2.60. The van der Waals surface area contributed by atoms with Gasteiger partial charge in [-0.25, -0.2) is 0 Å². The van der Waals surface area contributed by atoms with Crippen LogP contribution in [0.1, 0.15) is 47.0 Å². The Morgan fingerprint density at radius 3 is 2.48 bits per heavy atom. The van der Waals surface area contributed by atoms with Gasteiger partial charge in [-0.2, -0.15) is 13.2 Å². The highest BCUT2D eigenvalue weighted by atomic mass is 19.4. The van der Waals surface area contributed by atoms with Crippen LogP contribution in [0.2, 0.25) is 0 Å². The van der Waals surface area contributed by atoms with Crippen LogP contribution in [0.3, 0.4) is 0 Å². The average Bonchev–Trinajstić information content (AvgIpc) is 3.08. The fourth-order valence-corrected chi connectivity index (χ4v) is 4.55. The van der Waals surface area contributed by atoms with Crippen molar-refractivity contribution in [1.82, 2.24) is 0 Å². The number of rotatable bonds is 4. The van der Waals surface area contributed by atoms with Gasteiger partial charge in [-0.15, -0.1) is 0 Å². The van der Waals surface area contributed by atoms with Crippen LogP contribution in [-0.2, 0) is 19.1 Å². The van der Waals surface area contributed by atoms with Crippen LogP contribution in [0.25, 0.3) is 0 Å². The molecule has 1 N–H and O–H groups in total. The molecule has 3 fully saturated rings. The number of halogens is 3. The first-order valence-corrected chi connectivity index (χ1v) is 8.51. The third-order valence-electron chi connectivity index (χ3n) is 6.67. The zero-order valence-electron chi connectivity index (χ0n) is 14.6. The number of fused-ring (bicyclic) bond motifs is 1. The van der Waals surface area contributed by atoms with Crippen LogP contribution in [0, 0.1) is 22.7 Å². The van der Waals surface area contributed by atoms with Gasteiger partial charge in [0.25, 0.3) is 0 Å². The number of ether oxygens (including phenoxy) is 2. The summed E-state index contributed by atoms with van der Waals surface area (Å²) in [5.41, 5.74) is -5.91. The minimum atomic E-state index is -4.96. The molecule has 0 radical (unpaired) electrons. The fraction of sp³-hybridized carbons (Fsp3) is 0.882. The van der Waals surface area contributed by atoms with Crippen molar-refractivity contribution in [3.05, 3.63) is 0 Å². The van der Waals surface area contributed by atoms with Crippen molar-refractivity contribution in [2.45, 2.75) is 70.9 Å². The van der Waals surface area contributed by atoms with E-state index < -0.39 is 58.6 Å². The molecule has 6 unspecified atom stereocenters. The van der Waals surface area contributed by atoms with Crippen molar-refractivity contribution in [2.24, 2.45) is 22.7 Å². The Kier molecular flexibility index (Phi) is 3.78. The summed E-state index contributed by atoms with van der Waals surface area (Å²) in [4.78, 5) is 24.7. The van der Waals surface area contributed by atoms with E-state index in [-0.39, 0.29) is 12.8 Å². The first kappa shape index (κ1) is 18.5. The Hall–Kier alpha value is -1.31. The molecule has 5 nitrogen and oxygen atoms in total. The van der Waals surface area contributed by atoms with Gasteiger partial charge >= 0.3 is 18.1 Å². The summed E-state index contributed by atoms with van der Waals surface area (Å²) in [6, 6.07) is 0. The predicted molar refractivity (Wildman–Crippen MR) is 79.2 cm³/mol. The van der Waals surface area contributed by atoms with Gasteiger partial charge in [0.1, 0.15) is 17.6 Å². The van der Waals surface area contributed by atoms with Crippen molar-refractivity contribution in [3.63, 3.8) is 0 Å². The van der Waals surface area contributed by atoms with E-state index in [1.807, 2.05) is 6.92 Å². The molecule has 1 heterocycles. The highest BCUT2D eigenvalue weighted by molar-refractivity contribution is 5.83. The van der Waals surface area contributed by atoms with E-state index in [1.54, 1.807) is 13.8 Å². The first-order chi connectivity index (χ1) is 11.3. The topological polar surface area (TPSA) is 72.8 Å². The molecule has 6 atom stereocenters. The van der Waals surface area contributed by atoms with E-state index in [9.17, 15) is 27.9 Å². The van der Waals surface area contributed by atoms with Crippen LogP contribution in [-0.4, -0.2) is 41.0 Å². The molecule has 1 aliphatic heterocycles. The Bertz CT molecular complexity index is 612. The van der Waals surface area contributed by atoms with E-state index in [2.05, 4.69) is 0 Å². The molecule has 8 heteroatoms. The summed E-state index contributed by atoms with van der Waals surface area (Å²) >= 11 is 0. The molecular weight excluding hydrogens is 341 g/mol. The van der Waals surface area contributed by atoms with Crippen LogP contribution in [0.4, 0.5) is 13.2 Å². The second kappa shape index (κ2) is 5.11. The van der Waals surface area contributed by atoms with Crippen LogP contribution in [0.5, 0.6) is 0 Å². The van der Waals surface area contributed by atoms with Crippen molar-refractivity contribution in [1.29, 1.82) is 0 Å². The summed E-state index contributed by atoms with van der Waals surface area (Å²) < 4.78 is 51.0. The molecule has 0 amide bonds. The van der Waals surface area contributed by atoms with Crippen LogP contribution >= 0.6 is 0 Å². The van der Waals surface area contributed by atoms with E-state index in [1.165, 1.54) is 0 Å². The smallest absolute Gasteiger partial charge is 0.418 e. The number of esters is 2. The van der Waals surface area contributed by atoms with Crippen LogP contribution in [0.15, 0.2) is 0 Å². The average molecular weight is 364 g/mol. The molecule has 142 valence electrons. The minimum Gasteiger partial charge on any atom is -0.458 e. The standard InChI is InChI=1S/C17H23F3O5/c1-5-14(2,3)12(21)24-10-8-6-9-11(10)25-13(22)16(9,7-8)15(4,23)17(18,19)20/h8-11,23H,5-7H2,1-4H3. The molecule has 3 rings (SSSR count). The van der Waals surface area contributed by atoms with Gasteiger partial charge in [0.2, 0.25) is 0 Å². The molecule has 0 aromatic heterocycles. The molecule has 1 saturated heterocycles. The van der Waals surface area contributed by atoms with E-state index in [0.717, 1.165) is 0 Å². The number of alkyl halides is 3. The summed E-state index contributed by atoms with van der Waals surface area (Å²) in [6.45, 7) is 5.92. The zero-order valence-corrected chi connectivity index (χ0v) is 14.6. The molecule has 2 saturated carbocycles. The Morgan fingerprint density at radius 1 is 1.36 bits per heavy atom. The van der Waals surface area contributed by atoms with Crippen molar-refractivity contribution in [3.8, 4) is 0 Å². The Labute approximate surface area is 143 Å². The molecule has 0 aromatic rings. The Balaban J connectivity index is 1.88. The van der Waals surface area contributed by atoms with Crippen molar-refractivity contribution >= 4 is 11.9 Å². The number of carbonyl (C=O) groups is 2. The summed E-state index contributed by atoms with van der Waals surface area (Å²) in [7, 11) is 0. The van der Waals surface area contributed by atoms with Crippen molar-refractivity contribution < 1.29 is 37.3 Å². The number of carbonyl (C=O) groups excluding carboxylic acids is 2. The third kappa shape index (κ3) is 2.18. The normalized spacial score (nSPS) is 39.3. The maximum atomic E-state index is 13.4. The lowest BCUT2D eigenvalue weighted by Gasteiger charge is -2.43. The largest absolute Gasteiger partial charge is 0.458 e. The quantitative estimate of drug-likeness (QED) is 0.777. The van der Waals surface area contributed by atoms with Gasteiger partial charge in [0, 0.05) is 11.8 Å². The summed E-state index contributed by atoms with van der Waals surface area (Å²) in [5, 5.41) is 10.2. The molecule has 2 aliphatic carbocycles. The lowest BCUT2D eigenvalue weighted by Crippen LogP contribution is -2.61. The lowest BCUT2D eigenvalue weighted by molar-refractivity contribution is -0.295. The minimum absolute atomic E-state index is 0.190. The summed E-state index contributed by atoms with van der Waals surface area (Å²) in [5.74, 6) is -2.72. The second-order valence-electron chi connectivity index (χ2n) is 8.33. The van der Waals surface area contributed by atoms with Gasteiger partial charge < -0.3 is 14.6 Å². The van der Waals surface area contributed by atoms with Crippen LogP contribution < -0.4 is 0 Å². The maximum Gasteiger partial charge on any atom is 0.418 e. The van der Waals surface area contributed by atoms with Gasteiger partial charge in [0.15, 0.2) is 5.60 Å². The molecule has 25 heavy (non-hydrogen) atoms. The van der Waals surface area contributed by atoms with E-state index >= 15 is 0 Å². The monoisotopic (exact) mass is 364 g/mol. The SMILES string of the molecule is CCC(C)(C)C(=O)OC1C2CC3C1OC(=O)C3(C(C)(O)C(F)(F)F)C2. The highest BCUT2D eigenvalue weighted by Gasteiger charge is 2.81. The number of aliphatic hydroxyl groups is 1. The highest BCUT2D eigenvalue weighted by Crippen LogP contribution is 2.68. The zero-order chi connectivity index (χ0) is 19.0. The van der Waals surface area contributed by atoms with Crippen molar-refractivity contribution in [2.75, 3.05) is 0 Å². The van der Waals surface area contributed by atoms with Gasteiger partial charge in [-0.3, -0.25) is 9.59 Å². The maximum absolute atomic E-state index is 13.4. The van der Waals surface area contributed by atoms with E-state index in [4.69, 9.17) is 9.47 Å².